The molecule has 0 aromatic rings. The van der Waals surface area contributed by atoms with Crippen LogP contribution in [-0.2, 0) is 9.53 Å². The normalized spacial score (nSPS) is 24.8. The maximum absolute atomic E-state index is 12.3. The minimum Gasteiger partial charge on any atom is -0.469 e. The van der Waals surface area contributed by atoms with Crippen molar-refractivity contribution in [2.45, 2.75) is 32.1 Å². The van der Waals surface area contributed by atoms with Gasteiger partial charge in [-0.1, -0.05) is 12.8 Å². The molecule has 2 aliphatic rings. The van der Waals surface area contributed by atoms with Gasteiger partial charge < -0.3 is 14.5 Å². The third-order valence-electron chi connectivity index (χ3n) is 3.87. The fraction of sp³-hybridized carbons (Fsp3) is 0.846. The summed E-state index contributed by atoms with van der Waals surface area (Å²) in [6.45, 7) is 2.91. The van der Waals surface area contributed by atoms with Gasteiger partial charge in [0.15, 0.2) is 0 Å². The van der Waals surface area contributed by atoms with Crippen molar-refractivity contribution in [3.05, 3.63) is 0 Å². The summed E-state index contributed by atoms with van der Waals surface area (Å²) in [4.78, 5) is 27.5. The molecule has 2 rings (SSSR count). The minimum absolute atomic E-state index is 0.100. The molecule has 5 heteroatoms. The van der Waals surface area contributed by atoms with E-state index in [0.717, 1.165) is 32.4 Å². The van der Waals surface area contributed by atoms with Gasteiger partial charge in [0.2, 0.25) is 0 Å². The summed E-state index contributed by atoms with van der Waals surface area (Å²) in [5.41, 5.74) is 0. The molecule has 0 saturated carbocycles. The lowest BCUT2D eigenvalue weighted by Gasteiger charge is -2.26. The second-order valence-electron chi connectivity index (χ2n) is 5.14. The van der Waals surface area contributed by atoms with E-state index in [1.165, 1.54) is 20.0 Å². The van der Waals surface area contributed by atoms with Crippen molar-refractivity contribution >= 4 is 12.0 Å². The van der Waals surface area contributed by atoms with Crippen molar-refractivity contribution < 1.29 is 14.3 Å². The minimum atomic E-state index is -0.193. The molecular weight excluding hydrogens is 232 g/mol. The first-order chi connectivity index (χ1) is 8.72. The van der Waals surface area contributed by atoms with Crippen LogP contribution < -0.4 is 0 Å². The molecule has 0 aromatic heterocycles. The number of carbonyl (C=O) groups is 2. The van der Waals surface area contributed by atoms with Crippen LogP contribution in [0.3, 0.4) is 0 Å². The first-order valence-corrected chi connectivity index (χ1v) is 6.84. The molecule has 0 radical (unpaired) electrons. The molecule has 0 bridgehead atoms. The van der Waals surface area contributed by atoms with E-state index in [9.17, 15) is 9.59 Å². The van der Waals surface area contributed by atoms with E-state index < -0.39 is 0 Å². The molecule has 2 amide bonds. The highest BCUT2D eigenvalue weighted by Gasteiger charge is 2.33. The van der Waals surface area contributed by atoms with E-state index in [0.29, 0.717) is 13.1 Å². The highest BCUT2D eigenvalue weighted by molar-refractivity contribution is 5.78. The second kappa shape index (κ2) is 6.07. The lowest BCUT2D eigenvalue weighted by Crippen LogP contribution is -2.42. The number of carbonyl (C=O) groups excluding carboxylic acids is 2. The number of hydrogen-bond donors (Lipinski definition) is 0. The second-order valence-corrected chi connectivity index (χ2v) is 5.14. The number of methoxy groups -OCH3 is 1. The predicted octanol–water partition coefficient (Wildman–Crippen LogP) is 1.48. The Morgan fingerprint density at radius 3 is 2.28 bits per heavy atom. The molecule has 0 aliphatic carbocycles. The van der Waals surface area contributed by atoms with E-state index in [4.69, 9.17) is 4.74 Å². The maximum Gasteiger partial charge on any atom is 0.320 e. The number of nitrogens with zero attached hydrogens (tertiary/aromatic N) is 2. The first kappa shape index (κ1) is 13.2. The summed E-state index contributed by atoms with van der Waals surface area (Å²) in [5, 5.41) is 0. The van der Waals surface area contributed by atoms with Crippen molar-refractivity contribution in [2.75, 3.05) is 33.3 Å². The van der Waals surface area contributed by atoms with Gasteiger partial charge >= 0.3 is 12.0 Å². The lowest BCUT2D eigenvalue weighted by atomic mass is 10.1. The molecule has 0 N–H and O–H groups in total. The van der Waals surface area contributed by atoms with Crippen LogP contribution in [-0.4, -0.2) is 55.1 Å². The number of amides is 2. The number of likely N-dealkylation sites (tertiary alicyclic amines) is 2. The van der Waals surface area contributed by atoms with Gasteiger partial charge in [0, 0.05) is 26.2 Å². The number of esters is 1. The van der Waals surface area contributed by atoms with Crippen LogP contribution in [0.15, 0.2) is 0 Å². The van der Waals surface area contributed by atoms with Gasteiger partial charge in [-0.2, -0.15) is 0 Å². The van der Waals surface area contributed by atoms with Crippen molar-refractivity contribution in [3.8, 4) is 0 Å². The highest BCUT2D eigenvalue weighted by atomic mass is 16.5. The number of urea groups is 1. The molecule has 18 heavy (non-hydrogen) atoms. The van der Waals surface area contributed by atoms with E-state index >= 15 is 0 Å². The van der Waals surface area contributed by atoms with Gasteiger partial charge in [-0.05, 0) is 19.3 Å². The highest BCUT2D eigenvalue weighted by Crippen LogP contribution is 2.20. The van der Waals surface area contributed by atoms with Gasteiger partial charge in [-0.15, -0.1) is 0 Å². The molecule has 2 aliphatic heterocycles. The molecule has 2 fully saturated rings. The van der Waals surface area contributed by atoms with Gasteiger partial charge in [0.05, 0.1) is 13.0 Å². The molecule has 2 saturated heterocycles. The molecule has 1 unspecified atom stereocenters. The fourth-order valence-electron chi connectivity index (χ4n) is 2.76. The largest absolute Gasteiger partial charge is 0.469 e. The third-order valence-corrected chi connectivity index (χ3v) is 3.87. The van der Waals surface area contributed by atoms with Crippen molar-refractivity contribution in [3.63, 3.8) is 0 Å². The maximum atomic E-state index is 12.3. The van der Waals surface area contributed by atoms with Gasteiger partial charge in [-0.25, -0.2) is 4.79 Å². The van der Waals surface area contributed by atoms with Crippen LogP contribution in [0.2, 0.25) is 0 Å². The summed E-state index contributed by atoms with van der Waals surface area (Å²) in [6.07, 6.45) is 5.36. The first-order valence-electron chi connectivity index (χ1n) is 6.84. The molecule has 2 heterocycles. The average molecular weight is 254 g/mol. The molecule has 0 spiro atoms. The van der Waals surface area contributed by atoms with Crippen LogP contribution >= 0.6 is 0 Å². The van der Waals surface area contributed by atoms with Crippen molar-refractivity contribution in [1.82, 2.24) is 9.80 Å². The number of hydrogen-bond acceptors (Lipinski definition) is 3. The van der Waals surface area contributed by atoms with Crippen LogP contribution in [0.5, 0.6) is 0 Å². The summed E-state index contributed by atoms with van der Waals surface area (Å²) < 4.78 is 4.74. The van der Waals surface area contributed by atoms with Gasteiger partial charge in [0.1, 0.15) is 0 Å². The Bertz CT molecular complexity index is 311. The summed E-state index contributed by atoms with van der Waals surface area (Å²) in [5.74, 6) is -0.327. The van der Waals surface area contributed by atoms with Crippen LogP contribution in [0.4, 0.5) is 4.79 Å². The summed E-state index contributed by atoms with van der Waals surface area (Å²) in [6, 6.07) is 0.100. The standard InChI is InChI=1S/C13H22N2O3/c1-18-12(16)11-6-9-15(10-11)13(17)14-7-4-2-3-5-8-14/h11H,2-10H2,1H3. The average Bonchev–Trinajstić information content (AvgIpc) is 2.72. The SMILES string of the molecule is COC(=O)C1CCN(C(=O)N2CCCCCC2)C1. The van der Waals surface area contributed by atoms with Crippen molar-refractivity contribution in [1.29, 1.82) is 0 Å². The lowest BCUT2D eigenvalue weighted by molar-refractivity contribution is -0.144. The van der Waals surface area contributed by atoms with E-state index in [1.54, 1.807) is 4.90 Å². The zero-order valence-corrected chi connectivity index (χ0v) is 11.1. The third kappa shape index (κ3) is 2.94. The fourth-order valence-corrected chi connectivity index (χ4v) is 2.76. The molecule has 102 valence electrons. The van der Waals surface area contributed by atoms with Gasteiger partial charge in [0.25, 0.3) is 0 Å². The predicted molar refractivity (Wildman–Crippen MR) is 67.1 cm³/mol. The molecule has 0 aromatic carbocycles. The van der Waals surface area contributed by atoms with E-state index in [2.05, 4.69) is 0 Å². The Morgan fingerprint density at radius 2 is 1.67 bits per heavy atom. The van der Waals surface area contributed by atoms with Crippen LogP contribution in [0.1, 0.15) is 32.1 Å². The Labute approximate surface area is 108 Å². The van der Waals surface area contributed by atoms with Crippen LogP contribution in [0.25, 0.3) is 0 Å². The van der Waals surface area contributed by atoms with E-state index in [-0.39, 0.29) is 17.9 Å². The molecular formula is C13H22N2O3. The Morgan fingerprint density at radius 1 is 1.00 bits per heavy atom. The number of ether oxygens (including phenoxy) is 1. The monoisotopic (exact) mass is 254 g/mol. The van der Waals surface area contributed by atoms with E-state index in [1.807, 2.05) is 4.90 Å². The Hall–Kier alpha value is -1.26. The smallest absolute Gasteiger partial charge is 0.320 e. The van der Waals surface area contributed by atoms with Crippen molar-refractivity contribution in [2.24, 2.45) is 5.92 Å². The number of rotatable bonds is 1. The van der Waals surface area contributed by atoms with Crippen LogP contribution in [0, 0.1) is 5.92 Å². The zero-order valence-electron chi connectivity index (χ0n) is 11.1. The molecule has 5 nitrogen and oxygen atoms in total. The Balaban J connectivity index is 1.88. The quantitative estimate of drug-likeness (QED) is 0.666. The summed E-state index contributed by atoms with van der Waals surface area (Å²) >= 11 is 0. The molecule has 1 atom stereocenters. The Kier molecular flexibility index (Phi) is 4.44. The van der Waals surface area contributed by atoms with Gasteiger partial charge in [-0.3, -0.25) is 4.79 Å². The zero-order chi connectivity index (χ0) is 13.0. The summed E-state index contributed by atoms with van der Waals surface area (Å²) in [7, 11) is 1.40. The topological polar surface area (TPSA) is 49.9 Å².